The van der Waals surface area contributed by atoms with Crippen LogP contribution in [0, 0.1) is 20.1 Å². The number of rotatable bonds is 4. The van der Waals surface area contributed by atoms with E-state index >= 15 is 0 Å². The van der Waals surface area contributed by atoms with Gasteiger partial charge < -0.3 is 14.5 Å². The van der Waals surface area contributed by atoms with E-state index in [0.29, 0.717) is 17.3 Å². The molecule has 0 spiro atoms. The van der Waals surface area contributed by atoms with Crippen molar-refractivity contribution >= 4 is 33.8 Å². The normalized spacial score (nSPS) is 13.3. The number of hydrogen-bond donors (Lipinski definition) is 0. The van der Waals surface area contributed by atoms with Gasteiger partial charge in [0.25, 0.3) is 16.7 Å². The molecule has 0 radical (unpaired) electrons. The van der Waals surface area contributed by atoms with Crippen molar-refractivity contribution in [3.8, 4) is 5.75 Å². The smallest absolute Gasteiger partial charge is 0.286 e. The monoisotopic (exact) mass is 400 g/mol. The Bertz CT molecular complexity index is 1120. The molecule has 7 heteroatoms. The van der Waals surface area contributed by atoms with Gasteiger partial charge in [-0.1, -0.05) is 42.5 Å². The summed E-state index contributed by atoms with van der Waals surface area (Å²) in [6.07, 6.45) is -0.248. The molecule has 3 aromatic rings. The van der Waals surface area contributed by atoms with E-state index in [9.17, 15) is 4.79 Å². The van der Waals surface area contributed by atoms with Crippen molar-refractivity contribution in [2.24, 2.45) is 0 Å². The standard InChI is InChI=1S/C22H16N4O2S/c1-14-8-10-16(11-9-14)28-18(20-25-19(23-2)21(24-3)29-20)22(27)26-13-12-15-6-4-5-7-17(15)26/h4-11,18H,12-13H2,1H3. The van der Waals surface area contributed by atoms with Crippen molar-refractivity contribution in [2.45, 2.75) is 19.4 Å². The Hall–Kier alpha value is -3.68. The van der Waals surface area contributed by atoms with Crippen LogP contribution in [0.4, 0.5) is 16.5 Å². The number of para-hydroxylation sites is 1. The number of aromatic nitrogens is 1. The van der Waals surface area contributed by atoms with E-state index < -0.39 is 6.10 Å². The Labute approximate surface area is 172 Å². The molecule has 4 rings (SSSR count). The summed E-state index contributed by atoms with van der Waals surface area (Å²) in [5.41, 5.74) is 3.05. The van der Waals surface area contributed by atoms with E-state index in [4.69, 9.17) is 17.9 Å². The number of nitrogens with zero attached hydrogens (tertiary/aromatic N) is 4. The molecule has 1 aliphatic heterocycles. The molecule has 6 nitrogen and oxygen atoms in total. The number of aryl methyl sites for hydroxylation is 1. The molecule has 1 atom stereocenters. The molecule has 29 heavy (non-hydrogen) atoms. The lowest BCUT2D eigenvalue weighted by Crippen LogP contribution is -2.36. The van der Waals surface area contributed by atoms with Gasteiger partial charge >= 0.3 is 0 Å². The molecule has 0 aliphatic carbocycles. The topological polar surface area (TPSA) is 51.1 Å². The number of carbonyl (C=O) groups is 1. The van der Waals surface area contributed by atoms with Gasteiger partial charge in [-0.2, -0.15) is 0 Å². The van der Waals surface area contributed by atoms with Gasteiger partial charge in [0.15, 0.2) is 0 Å². The Balaban J connectivity index is 1.73. The molecule has 142 valence electrons. The van der Waals surface area contributed by atoms with Crippen LogP contribution in [-0.2, 0) is 11.2 Å². The summed E-state index contributed by atoms with van der Waals surface area (Å²) in [5, 5.41) is 0.485. The fourth-order valence-electron chi connectivity index (χ4n) is 3.25. The van der Waals surface area contributed by atoms with Gasteiger partial charge in [-0.25, -0.2) is 4.85 Å². The first-order valence-electron chi connectivity index (χ1n) is 8.99. The molecule has 0 N–H and O–H groups in total. The van der Waals surface area contributed by atoms with Gasteiger partial charge in [0.1, 0.15) is 5.75 Å². The molecule has 1 amide bonds. The summed E-state index contributed by atoms with van der Waals surface area (Å²) in [7, 11) is 0. The first-order chi connectivity index (χ1) is 14.1. The van der Waals surface area contributed by atoms with Crippen LogP contribution >= 0.6 is 11.3 Å². The highest BCUT2D eigenvalue weighted by Crippen LogP contribution is 2.40. The van der Waals surface area contributed by atoms with Gasteiger partial charge in [0.05, 0.1) is 6.57 Å². The van der Waals surface area contributed by atoms with Crippen LogP contribution in [0.3, 0.4) is 0 Å². The molecule has 2 heterocycles. The van der Waals surface area contributed by atoms with Gasteiger partial charge in [-0.15, -0.1) is 16.3 Å². The van der Waals surface area contributed by atoms with E-state index in [1.165, 1.54) is 0 Å². The minimum absolute atomic E-state index is 0.00660. The lowest BCUT2D eigenvalue weighted by molar-refractivity contribution is -0.125. The minimum atomic E-state index is -1.02. The fraction of sp³-hybridized carbons (Fsp3) is 0.182. The van der Waals surface area contributed by atoms with E-state index in [1.54, 1.807) is 17.0 Å². The number of amides is 1. The zero-order valence-corrected chi connectivity index (χ0v) is 16.4. The first kappa shape index (κ1) is 18.7. The Morgan fingerprint density at radius 1 is 1.17 bits per heavy atom. The van der Waals surface area contributed by atoms with Crippen LogP contribution in [0.15, 0.2) is 48.5 Å². The molecule has 0 fully saturated rings. The molecule has 0 saturated heterocycles. The summed E-state index contributed by atoms with van der Waals surface area (Å²) >= 11 is 1.03. The largest absolute Gasteiger partial charge is 0.471 e. The minimum Gasteiger partial charge on any atom is -0.471 e. The predicted octanol–water partition coefficient (Wildman–Crippen LogP) is 5.26. The predicted molar refractivity (Wildman–Crippen MR) is 112 cm³/mol. The van der Waals surface area contributed by atoms with Crippen LogP contribution in [-0.4, -0.2) is 17.4 Å². The van der Waals surface area contributed by atoms with E-state index in [0.717, 1.165) is 34.6 Å². The maximum absolute atomic E-state index is 13.5. The zero-order chi connectivity index (χ0) is 20.4. The summed E-state index contributed by atoms with van der Waals surface area (Å²) in [6, 6.07) is 15.2. The van der Waals surface area contributed by atoms with Crippen LogP contribution in [0.2, 0.25) is 0 Å². The number of anilines is 1. The first-order valence-corrected chi connectivity index (χ1v) is 9.80. The third-order valence-corrected chi connectivity index (χ3v) is 5.67. The quantitative estimate of drug-likeness (QED) is 0.561. The van der Waals surface area contributed by atoms with Crippen LogP contribution < -0.4 is 9.64 Å². The molecular weight excluding hydrogens is 384 g/mol. The summed E-state index contributed by atoms with van der Waals surface area (Å²) in [4.78, 5) is 26.1. The van der Waals surface area contributed by atoms with Crippen molar-refractivity contribution in [3.63, 3.8) is 0 Å². The number of fused-ring (bicyclic) bond motifs is 1. The Morgan fingerprint density at radius 2 is 1.93 bits per heavy atom. The highest BCUT2D eigenvalue weighted by Gasteiger charge is 2.37. The Morgan fingerprint density at radius 3 is 2.62 bits per heavy atom. The van der Waals surface area contributed by atoms with Crippen molar-refractivity contribution in [2.75, 3.05) is 11.4 Å². The van der Waals surface area contributed by atoms with Crippen molar-refractivity contribution in [1.82, 2.24) is 4.98 Å². The summed E-state index contributed by atoms with van der Waals surface area (Å²) < 4.78 is 6.05. The van der Waals surface area contributed by atoms with Gasteiger partial charge in [-0.05, 0) is 37.1 Å². The number of hydrogen-bond acceptors (Lipinski definition) is 4. The zero-order valence-electron chi connectivity index (χ0n) is 15.6. The molecule has 0 bridgehead atoms. The average molecular weight is 400 g/mol. The number of carbonyl (C=O) groups excluding carboxylic acids is 1. The van der Waals surface area contributed by atoms with E-state index in [2.05, 4.69) is 14.7 Å². The average Bonchev–Trinajstić information content (AvgIpc) is 3.36. The second-order valence-corrected chi connectivity index (χ2v) is 7.59. The molecule has 0 saturated carbocycles. The van der Waals surface area contributed by atoms with E-state index in [-0.39, 0.29) is 16.7 Å². The van der Waals surface area contributed by atoms with Crippen molar-refractivity contribution in [3.05, 3.63) is 87.5 Å². The maximum atomic E-state index is 13.5. The van der Waals surface area contributed by atoms with Gasteiger partial charge in [0.2, 0.25) is 11.1 Å². The SMILES string of the molecule is [C-]#[N+]c1nc(C(Oc2ccc(C)cc2)C(=O)N2CCc3ccccc32)sc1[N+]#[C-]. The summed E-state index contributed by atoms with van der Waals surface area (Å²) in [5.74, 6) is 0.287. The van der Waals surface area contributed by atoms with Crippen molar-refractivity contribution in [1.29, 1.82) is 0 Å². The van der Waals surface area contributed by atoms with Crippen molar-refractivity contribution < 1.29 is 9.53 Å². The van der Waals surface area contributed by atoms with Crippen LogP contribution in [0.5, 0.6) is 5.75 Å². The van der Waals surface area contributed by atoms with Crippen LogP contribution in [0.25, 0.3) is 9.69 Å². The van der Waals surface area contributed by atoms with E-state index in [1.807, 2.05) is 43.3 Å². The number of thiazole rings is 1. The number of benzene rings is 2. The number of ether oxygens (including phenoxy) is 1. The third kappa shape index (κ3) is 3.56. The summed E-state index contributed by atoms with van der Waals surface area (Å²) in [6.45, 7) is 17.1. The maximum Gasteiger partial charge on any atom is 0.286 e. The second kappa shape index (κ2) is 7.75. The third-order valence-electron chi connectivity index (χ3n) is 4.69. The lowest BCUT2D eigenvalue weighted by atomic mass is 10.2. The molecule has 1 aromatic heterocycles. The highest BCUT2D eigenvalue weighted by atomic mass is 32.1. The fourth-order valence-corrected chi connectivity index (χ4v) is 4.06. The molecule has 1 unspecified atom stereocenters. The van der Waals surface area contributed by atoms with Gasteiger partial charge in [-0.3, -0.25) is 4.79 Å². The molecule has 1 aliphatic rings. The Kier molecular flexibility index (Phi) is 4.99. The second-order valence-electron chi connectivity index (χ2n) is 6.58. The van der Waals surface area contributed by atoms with Gasteiger partial charge in [0, 0.05) is 12.2 Å². The van der Waals surface area contributed by atoms with Crippen LogP contribution in [0.1, 0.15) is 22.2 Å². The molecule has 2 aromatic carbocycles. The lowest BCUT2D eigenvalue weighted by Gasteiger charge is -2.22. The molecular formula is C22H16N4O2S. The highest BCUT2D eigenvalue weighted by molar-refractivity contribution is 7.16.